The number of amides is 2. The minimum Gasteiger partial charge on any atom is -0.467 e. The number of fused-ring (bicyclic) bond motifs is 1. The largest absolute Gasteiger partial charge is 0.467 e. The minimum atomic E-state index is -1.75. The zero-order chi connectivity index (χ0) is 27.4. The normalized spacial score (nSPS) is 26.6. The Kier molecular flexibility index (Phi) is 9.19. The number of imide groups is 1. The topological polar surface area (TPSA) is 161 Å². The SMILES string of the molecule is C=C(C)C[C@]1(C(=O)OC)C[C@@H]2OC(=O)N(C(C)=O)[C@H]2[C@H]([C@H](OC(C)=O)[C@@H](COC(C)=O)OC(C)=O)O1. The third kappa shape index (κ3) is 6.39. The van der Waals surface area contributed by atoms with Gasteiger partial charge in [0.1, 0.15) is 24.9 Å². The van der Waals surface area contributed by atoms with Gasteiger partial charge in [-0.15, -0.1) is 6.58 Å². The van der Waals surface area contributed by atoms with Crippen molar-refractivity contribution in [3.05, 3.63) is 12.2 Å². The van der Waals surface area contributed by atoms with Gasteiger partial charge in [0.15, 0.2) is 17.8 Å². The predicted molar refractivity (Wildman–Crippen MR) is 118 cm³/mol. The number of carbonyl (C=O) groups excluding carboxylic acids is 6. The van der Waals surface area contributed by atoms with Crippen molar-refractivity contribution in [2.24, 2.45) is 0 Å². The van der Waals surface area contributed by atoms with Gasteiger partial charge in [-0.3, -0.25) is 19.2 Å². The molecule has 2 heterocycles. The fourth-order valence-electron chi connectivity index (χ4n) is 4.51. The summed E-state index contributed by atoms with van der Waals surface area (Å²) in [4.78, 5) is 74.3. The maximum Gasteiger partial charge on any atom is 0.417 e. The highest BCUT2D eigenvalue weighted by Crippen LogP contribution is 2.43. The number of esters is 4. The molecule has 0 bridgehead atoms. The van der Waals surface area contributed by atoms with Gasteiger partial charge in [-0.25, -0.2) is 14.5 Å². The number of rotatable bonds is 9. The maximum absolute atomic E-state index is 13.0. The van der Waals surface area contributed by atoms with Crippen LogP contribution in [-0.4, -0.2) is 90.6 Å². The molecule has 13 nitrogen and oxygen atoms in total. The van der Waals surface area contributed by atoms with E-state index < -0.39 is 78.5 Å². The van der Waals surface area contributed by atoms with E-state index >= 15 is 0 Å². The molecule has 2 fully saturated rings. The van der Waals surface area contributed by atoms with Gasteiger partial charge in [-0.05, 0) is 6.92 Å². The monoisotopic (exact) mass is 513 g/mol. The standard InChI is InChI=1S/C23H31NO12/c1-11(2)8-23(21(29)31-7)9-16-18(24(12(3)25)22(30)35-16)20(36-23)19(34-15(6)28)17(33-14(5)27)10-32-13(4)26/h16-20H,1,8-10H2,2-7H3/t16-,17+,18+,19+,20+,23+/m0/s1. The summed E-state index contributed by atoms with van der Waals surface area (Å²) in [6.07, 6.45) is -6.75. The van der Waals surface area contributed by atoms with E-state index in [1.807, 2.05) is 0 Å². The Hall–Kier alpha value is -3.48. The zero-order valence-corrected chi connectivity index (χ0v) is 21.1. The van der Waals surface area contributed by atoms with Crippen molar-refractivity contribution in [1.82, 2.24) is 4.90 Å². The Bertz CT molecular complexity index is 945. The molecule has 0 spiro atoms. The van der Waals surface area contributed by atoms with E-state index in [4.69, 9.17) is 28.4 Å². The van der Waals surface area contributed by atoms with E-state index in [1.54, 1.807) is 6.92 Å². The molecule has 0 saturated carbocycles. The molecule has 0 aromatic rings. The second kappa shape index (κ2) is 11.5. The molecule has 2 aliphatic heterocycles. The van der Waals surface area contributed by atoms with Gasteiger partial charge >= 0.3 is 30.0 Å². The van der Waals surface area contributed by atoms with E-state index in [-0.39, 0.29) is 12.8 Å². The fraction of sp³-hybridized carbons (Fsp3) is 0.652. The molecule has 0 aliphatic carbocycles. The third-order valence-corrected chi connectivity index (χ3v) is 5.60. The molecule has 2 amide bonds. The van der Waals surface area contributed by atoms with Crippen LogP contribution < -0.4 is 0 Å². The summed E-state index contributed by atoms with van der Waals surface area (Å²) in [5.41, 5.74) is -1.23. The summed E-state index contributed by atoms with van der Waals surface area (Å²) < 4.78 is 32.4. The van der Waals surface area contributed by atoms with Gasteiger partial charge in [-0.1, -0.05) is 5.57 Å². The van der Waals surface area contributed by atoms with Crippen LogP contribution in [0.25, 0.3) is 0 Å². The summed E-state index contributed by atoms with van der Waals surface area (Å²) in [6.45, 7) is 9.32. The molecule has 0 aromatic heterocycles. The van der Waals surface area contributed by atoms with Gasteiger partial charge in [-0.2, -0.15) is 0 Å². The molecular weight excluding hydrogens is 482 g/mol. The van der Waals surface area contributed by atoms with Gasteiger partial charge in [0.2, 0.25) is 5.91 Å². The molecule has 200 valence electrons. The van der Waals surface area contributed by atoms with Crippen LogP contribution in [0.5, 0.6) is 0 Å². The molecular formula is C23H31NO12. The second-order valence-electron chi connectivity index (χ2n) is 8.73. The summed E-state index contributed by atoms with van der Waals surface area (Å²) in [6, 6.07) is -1.18. The molecule has 0 radical (unpaired) electrons. The fourth-order valence-corrected chi connectivity index (χ4v) is 4.51. The Morgan fingerprint density at radius 3 is 2.14 bits per heavy atom. The lowest BCUT2D eigenvalue weighted by molar-refractivity contribution is -0.237. The van der Waals surface area contributed by atoms with Crippen molar-refractivity contribution in [2.45, 2.75) is 83.5 Å². The average Bonchev–Trinajstić information content (AvgIpc) is 3.08. The van der Waals surface area contributed by atoms with E-state index in [0.29, 0.717) is 5.57 Å². The van der Waals surface area contributed by atoms with Crippen molar-refractivity contribution < 1.29 is 57.2 Å². The van der Waals surface area contributed by atoms with Gasteiger partial charge in [0.05, 0.1) is 7.11 Å². The lowest BCUT2D eigenvalue weighted by atomic mass is 9.80. The van der Waals surface area contributed by atoms with Gasteiger partial charge in [0, 0.05) is 40.5 Å². The van der Waals surface area contributed by atoms with Crippen LogP contribution in [0.4, 0.5) is 4.79 Å². The molecule has 2 rings (SSSR count). The number of nitrogens with zero attached hydrogens (tertiary/aromatic N) is 1. The predicted octanol–water partition coefficient (Wildman–Crippen LogP) is 0.816. The smallest absolute Gasteiger partial charge is 0.417 e. The number of ether oxygens (including phenoxy) is 6. The average molecular weight is 513 g/mol. The number of carbonyl (C=O) groups is 6. The minimum absolute atomic E-state index is 0.0635. The summed E-state index contributed by atoms with van der Waals surface area (Å²) in [7, 11) is 1.14. The third-order valence-electron chi connectivity index (χ3n) is 5.60. The lowest BCUT2D eigenvalue weighted by Gasteiger charge is -2.47. The van der Waals surface area contributed by atoms with E-state index in [9.17, 15) is 28.8 Å². The molecule has 2 saturated heterocycles. The Morgan fingerprint density at radius 1 is 1.06 bits per heavy atom. The van der Waals surface area contributed by atoms with Crippen molar-refractivity contribution in [1.29, 1.82) is 0 Å². The van der Waals surface area contributed by atoms with E-state index in [0.717, 1.165) is 39.7 Å². The zero-order valence-electron chi connectivity index (χ0n) is 21.1. The number of methoxy groups -OCH3 is 1. The summed E-state index contributed by atoms with van der Waals surface area (Å²) in [5.74, 6) is -3.88. The highest BCUT2D eigenvalue weighted by molar-refractivity contribution is 5.93. The van der Waals surface area contributed by atoms with E-state index in [1.165, 1.54) is 0 Å². The Morgan fingerprint density at radius 2 is 1.67 bits per heavy atom. The molecule has 2 aliphatic rings. The Labute approximate surface area is 207 Å². The maximum atomic E-state index is 13.0. The molecule has 0 N–H and O–H groups in total. The molecule has 0 unspecified atom stereocenters. The highest BCUT2D eigenvalue weighted by Gasteiger charge is 2.63. The van der Waals surface area contributed by atoms with Crippen molar-refractivity contribution in [3.63, 3.8) is 0 Å². The van der Waals surface area contributed by atoms with Crippen LogP contribution in [0.15, 0.2) is 12.2 Å². The molecule has 6 atom stereocenters. The Balaban J connectivity index is 2.70. The molecule has 36 heavy (non-hydrogen) atoms. The van der Waals surface area contributed by atoms with Crippen LogP contribution in [0.2, 0.25) is 0 Å². The first-order chi connectivity index (χ1) is 16.7. The molecule has 0 aromatic carbocycles. The van der Waals surface area contributed by atoms with Crippen LogP contribution >= 0.6 is 0 Å². The van der Waals surface area contributed by atoms with Crippen molar-refractivity contribution in [2.75, 3.05) is 13.7 Å². The van der Waals surface area contributed by atoms with Crippen LogP contribution in [0, 0.1) is 0 Å². The van der Waals surface area contributed by atoms with Crippen LogP contribution in [0.1, 0.15) is 47.5 Å². The lowest BCUT2D eigenvalue weighted by Crippen LogP contribution is -2.66. The highest BCUT2D eigenvalue weighted by atomic mass is 16.6. The van der Waals surface area contributed by atoms with Crippen LogP contribution in [-0.2, 0) is 52.4 Å². The first kappa shape index (κ1) is 28.8. The molecule has 13 heteroatoms. The van der Waals surface area contributed by atoms with E-state index in [2.05, 4.69) is 6.58 Å². The number of hydrogen-bond acceptors (Lipinski definition) is 12. The van der Waals surface area contributed by atoms with Crippen molar-refractivity contribution in [3.8, 4) is 0 Å². The second-order valence-corrected chi connectivity index (χ2v) is 8.73. The summed E-state index contributed by atoms with van der Waals surface area (Å²) in [5, 5.41) is 0. The van der Waals surface area contributed by atoms with Gasteiger partial charge in [0.25, 0.3) is 0 Å². The van der Waals surface area contributed by atoms with Crippen molar-refractivity contribution >= 4 is 35.9 Å². The quantitative estimate of drug-likeness (QED) is 0.243. The first-order valence-corrected chi connectivity index (χ1v) is 11.1. The number of hydrogen-bond donors (Lipinski definition) is 0. The van der Waals surface area contributed by atoms with Crippen LogP contribution in [0.3, 0.4) is 0 Å². The summed E-state index contributed by atoms with van der Waals surface area (Å²) >= 11 is 0. The van der Waals surface area contributed by atoms with Gasteiger partial charge < -0.3 is 28.4 Å². The first-order valence-electron chi connectivity index (χ1n) is 11.1.